The zero-order valence-corrected chi connectivity index (χ0v) is 18.5. The van der Waals surface area contributed by atoms with Gasteiger partial charge in [-0.1, -0.05) is 13.0 Å². The third kappa shape index (κ3) is 4.01. The van der Waals surface area contributed by atoms with Gasteiger partial charge in [0.15, 0.2) is 5.65 Å². The molecule has 2 unspecified atom stereocenters. The smallest absolute Gasteiger partial charge is 0.162 e. The van der Waals surface area contributed by atoms with Crippen molar-refractivity contribution in [1.29, 1.82) is 0 Å². The molecule has 5 rings (SSSR count). The summed E-state index contributed by atoms with van der Waals surface area (Å²) in [6, 6.07) is 8.09. The summed E-state index contributed by atoms with van der Waals surface area (Å²) in [6.07, 6.45) is 5.41. The van der Waals surface area contributed by atoms with Crippen molar-refractivity contribution in [1.82, 2.24) is 29.3 Å². The number of hydrogen-bond acceptors (Lipinski definition) is 7. The molecular formula is C23H30N8O. The molecule has 2 atom stereocenters. The highest BCUT2D eigenvalue weighted by Crippen LogP contribution is 2.21. The van der Waals surface area contributed by atoms with E-state index in [4.69, 9.17) is 9.97 Å². The fraction of sp³-hybridized carbons (Fsp3) is 0.435. The van der Waals surface area contributed by atoms with Gasteiger partial charge in [-0.2, -0.15) is 9.61 Å². The Kier molecular flexibility index (Phi) is 5.67. The standard InChI is InChI=1S/C23H30N8O/c1-3-16-11-27-31-22(26-12-18-14-30-15(2)5-4-6-21(30)28-18)9-20(29-23(16)31)25-10-17-7-8-24-13-19(17)32/h4-6,9,11,14,17,19,24,26,32H,3,7-8,10,12-13H2,1-2H3,(H,25,29). The first-order valence-corrected chi connectivity index (χ1v) is 11.3. The Morgan fingerprint density at radius 2 is 2.16 bits per heavy atom. The number of aliphatic hydroxyl groups is 1. The number of β-amino-alcohol motifs (C(OH)–C–C–N with tert-alkyl or cyclic N) is 1. The van der Waals surface area contributed by atoms with E-state index >= 15 is 0 Å². The molecule has 168 valence electrons. The number of nitrogens with zero attached hydrogens (tertiary/aromatic N) is 5. The Hall–Kier alpha value is -3.17. The molecule has 5 heterocycles. The number of fused-ring (bicyclic) bond motifs is 2. The molecule has 4 aromatic rings. The van der Waals surface area contributed by atoms with Crippen LogP contribution in [-0.2, 0) is 13.0 Å². The van der Waals surface area contributed by atoms with Crippen LogP contribution in [0.2, 0.25) is 0 Å². The third-order valence-electron chi connectivity index (χ3n) is 6.26. The van der Waals surface area contributed by atoms with Crippen molar-refractivity contribution in [3.63, 3.8) is 0 Å². The molecule has 4 aromatic heterocycles. The first-order valence-electron chi connectivity index (χ1n) is 11.3. The molecule has 1 fully saturated rings. The Morgan fingerprint density at radius 1 is 1.25 bits per heavy atom. The summed E-state index contributed by atoms with van der Waals surface area (Å²) >= 11 is 0. The fourth-order valence-corrected chi connectivity index (χ4v) is 4.31. The lowest BCUT2D eigenvalue weighted by Gasteiger charge is -2.28. The van der Waals surface area contributed by atoms with E-state index in [0.717, 1.165) is 59.3 Å². The average Bonchev–Trinajstić information content (AvgIpc) is 3.41. The predicted octanol–water partition coefficient (Wildman–Crippen LogP) is 2.24. The topological polar surface area (TPSA) is 104 Å². The van der Waals surface area contributed by atoms with Crippen molar-refractivity contribution >= 4 is 22.9 Å². The minimum Gasteiger partial charge on any atom is -0.391 e. The number of hydrogen-bond donors (Lipinski definition) is 4. The molecule has 4 N–H and O–H groups in total. The highest BCUT2D eigenvalue weighted by atomic mass is 16.3. The summed E-state index contributed by atoms with van der Waals surface area (Å²) in [7, 11) is 0. The second-order valence-electron chi connectivity index (χ2n) is 8.47. The Morgan fingerprint density at radius 3 is 2.97 bits per heavy atom. The molecule has 0 amide bonds. The normalized spacial score (nSPS) is 19.0. The lowest BCUT2D eigenvalue weighted by molar-refractivity contribution is 0.0883. The van der Waals surface area contributed by atoms with Gasteiger partial charge in [-0.25, -0.2) is 9.97 Å². The van der Waals surface area contributed by atoms with E-state index in [0.29, 0.717) is 19.6 Å². The van der Waals surface area contributed by atoms with Gasteiger partial charge in [0.05, 0.1) is 24.5 Å². The number of nitrogens with one attached hydrogen (secondary N) is 3. The van der Waals surface area contributed by atoms with E-state index in [1.54, 1.807) is 0 Å². The molecule has 9 heteroatoms. The van der Waals surface area contributed by atoms with Crippen LogP contribution in [0.5, 0.6) is 0 Å². The summed E-state index contributed by atoms with van der Waals surface area (Å²) < 4.78 is 3.95. The predicted molar refractivity (Wildman–Crippen MR) is 125 cm³/mol. The minimum absolute atomic E-state index is 0.211. The zero-order chi connectivity index (χ0) is 22.1. The van der Waals surface area contributed by atoms with E-state index in [1.807, 2.05) is 28.9 Å². The van der Waals surface area contributed by atoms with Gasteiger partial charge in [-0.15, -0.1) is 0 Å². The molecule has 0 saturated carbocycles. The van der Waals surface area contributed by atoms with Crippen molar-refractivity contribution in [2.75, 3.05) is 30.3 Å². The Bertz CT molecular complexity index is 1230. The number of piperidine rings is 1. The molecular weight excluding hydrogens is 404 g/mol. The number of aliphatic hydroxyl groups excluding tert-OH is 1. The number of aromatic nitrogens is 5. The SMILES string of the molecule is CCc1cnn2c(NCc3cn4c(C)cccc4n3)cc(NCC3CCNCC3O)nc12. The largest absolute Gasteiger partial charge is 0.391 e. The molecule has 0 radical (unpaired) electrons. The number of imidazole rings is 1. The lowest BCUT2D eigenvalue weighted by Crippen LogP contribution is -2.43. The summed E-state index contributed by atoms with van der Waals surface area (Å²) in [5, 5.41) is 25.0. The number of rotatable bonds is 7. The highest BCUT2D eigenvalue weighted by molar-refractivity contribution is 5.60. The second-order valence-corrected chi connectivity index (χ2v) is 8.47. The average molecular weight is 435 g/mol. The van der Waals surface area contributed by atoms with E-state index in [9.17, 15) is 5.11 Å². The zero-order valence-electron chi connectivity index (χ0n) is 18.5. The second kappa shape index (κ2) is 8.76. The van der Waals surface area contributed by atoms with Crippen molar-refractivity contribution < 1.29 is 5.11 Å². The molecule has 1 aliphatic heterocycles. The van der Waals surface area contributed by atoms with Gasteiger partial charge in [-0.3, -0.25) is 0 Å². The number of pyridine rings is 1. The summed E-state index contributed by atoms with van der Waals surface area (Å²) in [5.41, 5.74) is 4.99. The maximum atomic E-state index is 10.3. The van der Waals surface area contributed by atoms with Crippen molar-refractivity contribution in [3.05, 3.63) is 53.6 Å². The highest BCUT2D eigenvalue weighted by Gasteiger charge is 2.22. The van der Waals surface area contributed by atoms with Crippen LogP contribution < -0.4 is 16.0 Å². The summed E-state index contributed by atoms with van der Waals surface area (Å²) in [5.74, 6) is 1.85. The van der Waals surface area contributed by atoms with Crippen LogP contribution in [0.25, 0.3) is 11.3 Å². The van der Waals surface area contributed by atoms with E-state index in [2.05, 4.69) is 51.6 Å². The van der Waals surface area contributed by atoms with E-state index in [1.165, 1.54) is 0 Å². The quantitative estimate of drug-likeness (QED) is 0.354. The van der Waals surface area contributed by atoms with E-state index in [-0.39, 0.29) is 12.0 Å². The van der Waals surface area contributed by atoms with Gasteiger partial charge < -0.3 is 25.5 Å². The number of anilines is 2. The van der Waals surface area contributed by atoms with Crippen LogP contribution in [0.15, 0.2) is 36.7 Å². The van der Waals surface area contributed by atoms with Crippen LogP contribution in [-0.4, -0.2) is 54.8 Å². The van der Waals surface area contributed by atoms with Crippen molar-refractivity contribution in [2.24, 2.45) is 5.92 Å². The first-order chi connectivity index (χ1) is 15.6. The van der Waals surface area contributed by atoms with Gasteiger partial charge in [0.1, 0.15) is 17.3 Å². The Labute approximate surface area is 186 Å². The van der Waals surface area contributed by atoms with Crippen molar-refractivity contribution in [2.45, 2.75) is 39.3 Å². The minimum atomic E-state index is -0.336. The summed E-state index contributed by atoms with van der Waals surface area (Å²) in [6.45, 7) is 7.03. The Balaban J connectivity index is 1.39. The van der Waals surface area contributed by atoms with Crippen LogP contribution >= 0.6 is 0 Å². The van der Waals surface area contributed by atoms with Crippen LogP contribution in [0, 0.1) is 12.8 Å². The van der Waals surface area contributed by atoms with Gasteiger partial charge in [-0.05, 0) is 38.4 Å². The molecule has 32 heavy (non-hydrogen) atoms. The monoisotopic (exact) mass is 434 g/mol. The fourth-order valence-electron chi connectivity index (χ4n) is 4.31. The maximum Gasteiger partial charge on any atom is 0.162 e. The van der Waals surface area contributed by atoms with Gasteiger partial charge in [0.25, 0.3) is 0 Å². The molecule has 1 saturated heterocycles. The lowest BCUT2D eigenvalue weighted by atomic mass is 9.95. The van der Waals surface area contributed by atoms with Crippen LogP contribution in [0.4, 0.5) is 11.6 Å². The first kappa shape index (κ1) is 20.7. The molecule has 9 nitrogen and oxygen atoms in total. The molecule has 1 aliphatic rings. The molecule has 0 spiro atoms. The number of aryl methyl sites for hydroxylation is 2. The maximum absolute atomic E-state index is 10.3. The third-order valence-corrected chi connectivity index (χ3v) is 6.26. The summed E-state index contributed by atoms with van der Waals surface area (Å²) in [4.78, 5) is 9.53. The van der Waals surface area contributed by atoms with Gasteiger partial charge in [0, 0.05) is 42.5 Å². The van der Waals surface area contributed by atoms with Crippen LogP contribution in [0.3, 0.4) is 0 Å². The van der Waals surface area contributed by atoms with Gasteiger partial charge >= 0.3 is 0 Å². The molecule has 0 bridgehead atoms. The van der Waals surface area contributed by atoms with Crippen LogP contribution in [0.1, 0.15) is 30.3 Å². The van der Waals surface area contributed by atoms with Gasteiger partial charge in [0.2, 0.25) is 0 Å². The van der Waals surface area contributed by atoms with Crippen molar-refractivity contribution in [3.8, 4) is 0 Å². The molecule has 0 aromatic carbocycles. The molecule has 0 aliphatic carbocycles. The van der Waals surface area contributed by atoms with E-state index < -0.39 is 0 Å².